The van der Waals surface area contributed by atoms with Crippen LogP contribution in [0.3, 0.4) is 0 Å². The molecule has 5 heteroatoms. The summed E-state index contributed by atoms with van der Waals surface area (Å²) in [5.41, 5.74) is 2.28. The molecule has 0 radical (unpaired) electrons. The fourth-order valence-corrected chi connectivity index (χ4v) is 3.40. The molecule has 3 aromatic carbocycles. The van der Waals surface area contributed by atoms with Crippen molar-refractivity contribution in [2.45, 2.75) is 6.42 Å². The topological polar surface area (TPSA) is 58.6 Å². The van der Waals surface area contributed by atoms with Crippen LogP contribution in [0, 0.1) is 0 Å². The number of hydrogen-bond donors (Lipinski definition) is 1. The van der Waals surface area contributed by atoms with E-state index in [0.29, 0.717) is 5.75 Å². The van der Waals surface area contributed by atoms with Gasteiger partial charge in [-0.15, -0.1) is 0 Å². The lowest BCUT2D eigenvalue weighted by molar-refractivity contribution is -0.121. The summed E-state index contributed by atoms with van der Waals surface area (Å²) < 4.78 is 5.34. The highest BCUT2D eigenvalue weighted by Gasteiger charge is 2.26. The van der Waals surface area contributed by atoms with E-state index < -0.39 is 0 Å². The van der Waals surface area contributed by atoms with Crippen LogP contribution in [0.5, 0.6) is 5.75 Å². The Hall–Kier alpha value is -3.34. The first-order chi connectivity index (χ1) is 12.7. The number of hydrogen-bond acceptors (Lipinski definition) is 3. The molecule has 0 aromatic heterocycles. The van der Waals surface area contributed by atoms with E-state index in [1.807, 2.05) is 60.7 Å². The molecule has 26 heavy (non-hydrogen) atoms. The van der Waals surface area contributed by atoms with E-state index >= 15 is 0 Å². The number of carbonyl (C=O) groups is 2. The number of methoxy groups -OCH3 is 1. The minimum absolute atomic E-state index is 0.0121. The lowest BCUT2D eigenvalue weighted by Crippen LogP contribution is -2.37. The van der Waals surface area contributed by atoms with Crippen molar-refractivity contribution in [2.75, 3.05) is 23.9 Å². The Morgan fingerprint density at radius 3 is 2.65 bits per heavy atom. The number of rotatable bonds is 3. The van der Waals surface area contributed by atoms with Crippen molar-refractivity contribution in [1.82, 2.24) is 0 Å². The summed E-state index contributed by atoms with van der Waals surface area (Å²) in [7, 11) is 1.58. The van der Waals surface area contributed by atoms with Crippen LogP contribution in [-0.4, -0.2) is 25.5 Å². The number of benzene rings is 3. The first-order valence-corrected chi connectivity index (χ1v) is 8.41. The molecule has 1 N–H and O–H groups in total. The van der Waals surface area contributed by atoms with Crippen LogP contribution >= 0.6 is 0 Å². The zero-order chi connectivity index (χ0) is 18.1. The zero-order valence-corrected chi connectivity index (χ0v) is 14.4. The summed E-state index contributed by atoms with van der Waals surface area (Å²) in [6.45, 7) is -0.0121. The molecule has 5 nitrogen and oxygen atoms in total. The van der Waals surface area contributed by atoms with Crippen molar-refractivity contribution in [3.8, 4) is 5.75 Å². The number of amides is 2. The third-order valence-corrected chi connectivity index (χ3v) is 4.58. The van der Waals surface area contributed by atoms with E-state index in [1.165, 1.54) is 0 Å². The highest BCUT2D eigenvalue weighted by atomic mass is 16.5. The van der Waals surface area contributed by atoms with Crippen LogP contribution in [-0.2, 0) is 16.0 Å². The number of anilines is 2. The molecule has 1 heterocycles. The van der Waals surface area contributed by atoms with Gasteiger partial charge in [0, 0.05) is 10.9 Å². The minimum atomic E-state index is -0.206. The molecule has 0 fully saturated rings. The summed E-state index contributed by atoms with van der Waals surface area (Å²) in [6.07, 6.45) is 0.163. The van der Waals surface area contributed by atoms with Gasteiger partial charge in [0.1, 0.15) is 12.3 Å². The van der Waals surface area contributed by atoms with Gasteiger partial charge in [-0.1, -0.05) is 42.5 Å². The maximum atomic E-state index is 13.1. The van der Waals surface area contributed by atoms with Crippen molar-refractivity contribution >= 4 is 34.0 Å². The highest BCUT2D eigenvalue weighted by Crippen LogP contribution is 2.35. The lowest BCUT2D eigenvalue weighted by atomic mass is 10.1. The van der Waals surface area contributed by atoms with Gasteiger partial charge in [0.05, 0.1) is 24.9 Å². The fourth-order valence-electron chi connectivity index (χ4n) is 3.40. The van der Waals surface area contributed by atoms with Gasteiger partial charge in [-0.05, 0) is 23.6 Å². The molecule has 0 saturated heterocycles. The van der Waals surface area contributed by atoms with Gasteiger partial charge in [0.15, 0.2) is 0 Å². The number of carbonyl (C=O) groups excluding carboxylic acids is 2. The Bertz CT molecular complexity index is 1010. The third-order valence-electron chi connectivity index (χ3n) is 4.58. The summed E-state index contributed by atoms with van der Waals surface area (Å²) in [4.78, 5) is 27.0. The SMILES string of the molecule is COc1ccccc1CC(=O)N1CC(=O)Nc2cccc3cccc1c23. The van der Waals surface area contributed by atoms with Crippen molar-refractivity contribution in [3.63, 3.8) is 0 Å². The quantitative estimate of drug-likeness (QED) is 0.791. The second-order valence-electron chi connectivity index (χ2n) is 6.20. The zero-order valence-electron chi connectivity index (χ0n) is 14.4. The van der Waals surface area contributed by atoms with Crippen molar-refractivity contribution < 1.29 is 14.3 Å². The molecular weight excluding hydrogens is 328 g/mol. The van der Waals surface area contributed by atoms with Crippen LogP contribution in [0.1, 0.15) is 5.56 Å². The van der Waals surface area contributed by atoms with Crippen LogP contribution in [0.4, 0.5) is 11.4 Å². The first kappa shape index (κ1) is 16.1. The molecule has 0 spiro atoms. The Labute approximate surface area is 151 Å². The molecule has 4 rings (SSSR count). The standard InChI is InChI=1S/C21H18N2O3/c1-26-18-11-3-2-6-15(18)12-20(25)23-13-19(24)22-16-9-4-7-14-8-5-10-17(23)21(14)16/h2-11H,12-13H2,1H3,(H,22,24). The van der Waals surface area contributed by atoms with Crippen LogP contribution < -0.4 is 15.0 Å². The summed E-state index contributed by atoms with van der Waals surface area (Å²) in [6, 6.07) is 18.9. The maximum Gasteiger partial charge on any atom is 0.244 e. The van der Waals surface area contributed by atoms with E-state index in [9.17, 15) is 9.59 Å². The van der Waals surface area contributed by atoms with E-state index in [0.717, 1.165) is 27.7 Å². The van der Waals surface area contributed by atoms with Crippen LogP contribution in [0.25, 0.3) is 10.8 Å². The second-order valence-corrected chi connectivity index (χ2v) is 6.20. The van der Waals surface area contributed by atoms with Crippen LogP contribution in [0.2, 0.25) is 0 Å². The number of ether oxygens (including phenoxy) is 1. The average Bonchev–Trinajstić information content (AvgIpc) is 2.80. The van der Waals surface area contributed by atoms with Gasteiger partial charge in [0.25, 0.3) is 0 Å². The molecule has 0 saturated carbocycles. The Balaban J connectivity index is 1.77. The molecule has 2 amide bonds. The highest BCUT2D eigenvalue weighted by molar-refractivity contribution is 6.16. The second kappa shape index (κ2) is 6.52. The largest absolute Gasteiger partial charge is 0.496 e. The maximum absolute atomic E-state index is 13.1. The van der Waals surface area contributed by atoms with Gasteiger partial charge in [-0.3, -0.25) is 9.59 Å². The van der Waals surface area contributed by atoms with Gasteiger partial charge in [-0.2, -0.15) is 0 Å². The Morgan fingerprint density at radius 2 is 1.85 bits per heavy atom. The van der Waals surface area contributed by atoms with Gasteiger partial charge in [0.2, 0.25) is 11.8 Å². The molecule has 1 aliphatic rings. The molecule has 0 atom stereocenters. The number of para-hydroxylation sites is 1. The van der Waals surface area contributed by atoms with E-state index in [4.69, 9.17) is 4.74 Å². The summed E-state index contributed by atoms with van der Waals surface area (Å²) in [5, 5.41) is 4.77. The van der Waals surface area contributed by atoms with Crippen molar-refractivity contribution in [3.05, 3.63) is 66.2 Å². The van der Waals surface area contributed by atoms with Crippen molar-refractivity contribution in [2.24, 2.45) is 0 Å². The molecule has 130 valence electrons. The molecule has 3 aromatic rings. The predicted octanol–water partition coefficient (Wildman–Crippen LogP) is 3.38. The Morgan fingerprint density at radius 1 is 1.08 bits per heavy atom. The van der Waals surface area contributed by atoms with E-state index in [-0.39, 0.29) is 24.8 Å². The minimum Gasteiger partial charge on any atom is -0.496 e. The lowest BCUT2D eigenvalue weighted by Gasteiger charge is -2.22. The van der Waals surface area contributed by atoms with Crippen molar-refractivity contribution in [1.29, 1.82) is 0 Å². The molecule has 1 aliphatic heterocycles. The molecule has 0 unspecified atom stereocenters. The predicted molar refractivity (Wildman–Crippen MR) is 102 cm³/mol. The average molecular weight is 346 g/mol. The fraction of sp³-hybridized carbons (Fsp3) is 0.143. The summed E-state index contributed by atoms with van der Waals surface area (Å²) >= 11 is 0. The number of nitrogens with zero attached hydrogens (tertiary/aromatic N) is 1. The molecule has 0 bridgehead atoms. The summed E-state index contributed by atoms with van der Waals surface area (Å²) in [5.74, 6) is 0.315. The van der Waals surface area contributed by atoms with E-state index in [2.05, 4.69) is 5.32 Å². The van der Waals surface area contributed by atoms with Gasteiger partial charge in [-0.25, -0.2) is 0 Å². The first-order valence-electron chi connectivity index (χ1n) is 8.41. The third kappa shape index (κ3) is 2.77. The van der Waals surface area contributed by atoms with Gasteiger partial charge >= 0.3 is 0 Å². The molecular formula is C21H18N2O3. The monoisotopic (exact) mass is 346 g/mol. The van der Waals surface area contributed by atoms with Crippen LogP contribution in [0.15, 0.2) is 60.7 Å². The number of nitrogens with one attached hydrogen (secondary N) is 1. The molecule has 0 aliphatic carbocycles. The normalized spacial score (nSPS) is 13.3. The smallest absolute Gasteiger partial charge is 0.244 e. The van der Waals surface area contributed by atoms with E-state index in [1.54, 1.807) is 12.0 Å². The Kier molecular flexibility index (Phi) is 4.05. The van der Waals surface area contributed by atoms with Gasteiger partial charge < -0.3 is 15.0 Å².